The van der Waals surface area contributed by atoms with E-state index in [4.69, 9.17) is 9.47 Å². The summed E-state index contributed by atoms with van der Waals surface area (Å²) in [5.41, 5.74) is 0.867. The quantitative estimate of drug-likeness (QED) is 0.544. The Morgan fingerprint density at radius 2 is 1.94 bits per heavy atom. The van der Waals surface area contributed by atoms with Crippen LogP contribution in [0.4, 0.5) is 5.95 Å². The summed E-state index contributed by atoms with van der Waals surface area (Å²) in [6.07, 6.45) is 2.25. The SMILES string of the molecule is CC(=O)OCCNc1ncc(CCOC(C)=O)[nH]1. The summed E-state index contributed by atoms with van der Waals surface area (Å²) in [6, 6.07) is 0. The minimum Gasteiger partial charge on any atom is -0.465 e. The van der Waals surface area contributed by atoms with E-state index in [1.807, 2.05) is 0 Å². The van der Waals surface area contributed by atoms with Crippen molar-refractivity contribution in [3.63, 3.8) is 0 Å². The lowest BCUT2D eigenvalue weighted by molar-refractivity contribution is -0.141. The molecule has 1 rings (SSSR count). The third kappa shape index (κ3) is 5.88. The lowest BCUT2D eigenvalue weighted by Crippen LogP contribution is -2.12. The van der Waals surface area contributed by atoms with Gasteiger partial charge in [0.2, 0.25) is 0 Å². The summed E-state index contributed by atoms with van der Waals surface area (Å²) in [7, 11) is 0. The number of nitrogens with one attached hydrogen (secondary N) is 2. The maximum Gasteiger partial charge on any atom is 0.302 e. The average Bonchev–Trinajstić information content (AvgIpc) is 2.72. The lowest BCUT2D eigenvalue weighted by Gasteiger charge is -2.03. The van der Waals surface area contributed by atoms with Crippen molar-refractivity contribution in [2.24, 2.45) is 0 Å². The van der Waals surface area contributed by atoms with Crippen molar-refractivity contribution in [2.45, 2.75) is 20.3 Å². The van der Waals surface area contributed by atoms with Gasteiger partial charge in [-0.25, -0.2) is 4.98 Å². The molecule has 0 fully saturated rings. The number of aromatic amines is 1. The van der Waals surface area contributed by atoms with Crippen LogP contribution in [0.5, 0.6) is 0 Å². The number of ether oxygens (including phenoxy) is 2. The van der Waals surface area contributed by atoms with E-state index >= 15 is 0 Å². The second-order valence-corrected chi connectivity index (χ2v) is 3.61. The van der Waals surface area contributed by atoms with Gasteiger partial charge in [-0.15, -0.1) is 0 Å². The first-order valence-electron chi connectivity index (χ1n) is 5.62. The van der Waals surface area contributed by atoms with Gasteiger partial charge in [0.15, 0.2) is 5.95 Å². The van der Waals surface area contributed by atoms with E-state index in [2.05, 4.69) is 15.3 Å². The van der Waals surface area contributed by atoms with E-state index in [1.165, 1.54) is 13.8 Å². The number of carbonyl (C=O) groups excluding carboxylic acids is 2. The highest BCUT2D eigenvalue weighted by Gasteiger charge is 2.01. The zero-order valence-corrected chi connectivity index (χ0v) is 10.5. The van der Waals surface area contributed by atoms with Crippen molar-refractivity contribution >= 4 is 17.9 Å². The van der Waals surface area contributed by atoms with Gasteiger partial charge in [0, 0.05) is 26.0 Å². The molecule has 2 N–H and O–H groups in total. The van der Waals surface area contributed by atoms with Crippen LogP contribution >= 0.6 is 0 Å². The fraction of sp³-hybridized carbons (Fsp3) is 0.545. The van der Waals surface area contributed by atoms with E-state index in [-0.39, 0.29) is 11.9 Å². The van der Waals surface area contributed by atoms with Crippen LogP contribution in [0, 0.1) is 0 Å². The number of hydrogen-bond acceptors (Lipinski definition) is 6. The highest BCUT2D eigenvalue weighted by atomic mass is 16.5. The average molecular weight is 255 g/mol. The number of anilines is 1. The second kappa shape index (κ2) is 7.31. The van der Waals surface area contributed by atoms with Crippen molar-refractivity contribution in [1.82, 2.24) is 9.97 Å². The summed E-state index contributed by atoms with van der Waals surface area (Å²) >= 11 is 0. The largest absolute Gasteiger partial charge is 0.465 e. The summed E-state index contributed by atoms with van der Waals surface area (Å²) in [5, 5.41) is 2.97. The molecule has 0 amide bonds. The Labute approximate surface area is 105 Å². The Balaban J connectivity index is 2.21. The Morgan fingerprint density at radius 3 is 2.61 bits per heavy atom. The number of esters is 2. The van der Waals surface area contributed by atoms with Gasteiger partial charge in [-0.3, -0.25) is 9.59 Å². The molecule has 7 heteroatoms. The van der Waals surface area contributed by atoms with Gasteiger partial charge in [0.25, 0.3) is 0 Å². The number of carbonyl (C=O) groups is 2. The van der Waals surface area contributed by atoms with Gasteiger partial charge in [-0.1, -0.05) is 0 Å². The molecule has 18 heavy (non-hydrogen) atoms. The normalized spacial score (nSPS) is 9.89. The predicted octanol–water partition coefficient (Wildman–Crippen LogP) is 0.490. The third-order valence-corrected chi connectivity index (χ3v) is 2.01. The van der Waals surface area contributed by atoms with Crippen LogP contribution in [0.2, 0.25) is 0 Å². The fourth-order valence-corrected chi connectivity index (χ4v) is 1.24. The van der Waals surface area contributed by atoms with E-state index in [1.54, 1.807) is 6.20 Å². The van der Waals surface area contributed by atoms with Crippen molar-refractivity contribution in [1.29, 1.82) is 0 Å². The first-order chi connectivity index (χ1) is 8.58. The van der Waals surface area contributed by atoms with Crippen LogP contribution in [0.25, 0.3) is 0 Å². The number of hydrogen-bond donors (Lipinski definition) is 2. The Hall–Kier alpha value is -2.05. The number of nitrogens with zero attached hydrogens (tertiary/aromatic N) is 1. The topological polar surface area (TPSA) is 93.3 Å². The number of rotatable bonds is 7. The van der Waals surface area contributed by atoms with Crippen LogP contribution in [-0.4, -0.2) is 41.7 Å². The molecule has 0 aliphatic rings. The molecule has 1 heterocycles. The zero-order chi connectivity index (χ0) is 13.4. The molecule has 0 saturated heterocycles. The summed E-state index contributed by atoms with van der Waals surface area (Å²) < 4.78 is 9.58. The molecule has 0 saturated carbocycles. The molecule has 1 aromatic heterocycles. The van der Waals surface area contributed by atoms with Gasteiger partial charge in [0.1, 0.15) is 6.61 Å². The Morgan fingerprint density at radius 1 is 1.28 bits per heavy atom. The van der Waals surface area contributed by atoms with Gasteiger partial charge in [-0.2, -0.15) is 0 Å². The van der Waals surface area contributed by atoms with Crippen molar-refractivity contribution in [3.05, 3.63) is 11.9 Å². The molecule has 0 aliphatic carbocycles. The first-order valence-corrected chi connectivity index (χ1v) is 5.62. The van der Waals surface area contributed by atoms with E-state index < -0.39 is 0 Å². The lowest BCUT2D eigenvalue weighted by atomic mass is 10.3. The van der Waals surface area contributed by atoms with E-state index in [9.17, 15) is 9.59 Å². The monoisotopic (exact) mass is 255 g/mol. The molecule has 7 nitrogen and oxygen atoms in total. The maximum absolute atomic E-state index is 10.6. The van der Waals surface area contributed by atoms with Gasteiger partial charge >= 0.3 is 11.9 Å². The Bertz CT molecular complexity index is 403. The smallest absolute Gasteiger partial charge is 0.302 e. The molecule has 0 spiro atoms. The zero-order valence-electron chi connectivity index (χ0n) is 10.5. The molecule has 0 aliphatic heterocycles. The van der Waals surface area contributed by atoms with Crippen molar-refractivity contribution in [2.75, 3.05) is 25.1 Å². The summed E-state index contributed by atoms with van der Waals surface area (Å²) in [6.45, 7) is 3.83. The van der Waals surface area contributed by atoms with Crippen LogP contribution in [0.1, 0.15) is 19.5 Å². The summed E-state index contributed by atoms with van der Waals surface area (Å²) in [5.74, 6) is -0.00691. The molecule has 0 aromatic carbocycles. The first kappa shape index (κ1) is 14.0. The molecule has 1 aromatic rings. The fourth-order valence-electron chi connectivity index (χ4n) is 1.24. The predicted molar refractivity (Wildman–Crippen MR) is 64.0 cm³/mol. The van der Waals surface area contributed by atoms with E-state index in [0.29, 0.717) is 32.1 Å². The second-order valence-electron chi connectivity index (χ2n) is 3.61. The maximum atomic E-state index is 10.6. The van der Waals surface area contributed by atoms with E-state index in [0.717, 1.165) is 5.69 Å². The van der Waals surface area contributed by atoms with Gasteiger partial charge in [0.05, 0.1) is 19.3 Å². The highest BCUT2D eigenvalue weighted by molar-refractivity contribution is 5.66. The van der Waals surface area contributed by atoms with Crippen molar-refractivity contribution in [3.8, 4) is 0 Å². The van der Waals surface area contributed by atoms with Crippen LogP contribution in [-0.2, 0) is 25.5 Å². The minimum absolute atomic E-state index is 0.290. The molecular weight excluding hydrogens is 238 g/mol. The molecule has 100 valence electrons. The van der Waals surface area contributed by atoms with Gasteiger partial charge < -0.3 is 19.8 Å². The number of aromatic nitrogens is 2. The van der Waals surface area contributed by atoms with Crippen molar-refractivity contribution < 1.29 is 19.1 Å². The summed E-state index contributed by atoms with van der Waals surface area (Å²) in [4.78, 5) is 28.2. The molecule has 0 radical (unpaired) electrons. The molecule has 0 bridgehead atoms. The van der Waals surface area contributed by atoms with Gasteiger partial charge in [-0.05, 0) is 0 Å². The van der Waals surface area contributed by atoms with Crippen LogP contribution in [0.15, 0.2) is 6.20 Å². The third-order valence-electron chi connectivity index (χ3n) is 2.01. The highest BCUT2D eigenvalue weighted by Crippen LogP contribution is 2.02. The standard InChI is InChI=1S/C11H17N3O4/c1-8(15)17-5-3-10-7-13-11(14-10)12-4-6-18-9(2)16/h7H,3-6H2,1-2H3,(H2,12,13,14). The number of imidazole rings is 1. The Kier molecular flexibility index (Phi) is 5.69. The van der Waals surface area contributed by atoms with Crippen LogP contribution in [0.3, 0.4) is 0 Å². The number of H-pyrrole nitrogens is 1. The molecule has 0 atom stereocenters. The molecule has 0 unspecified atom stereocenters. The minimum atomic E-state index is -0.307. The van der Waals surface area contributed by atoms with Crippen LogP contribution < -0.4 is 5.32 Å². The molecular formula is C11H17N3O4.